The Labute approximate surface area is 196 Å². The summed E-state index contributed by atoms with van der Waals surface area (Å²) >= 11 is 0. The van der Waals surface area contributed by atoms with E-state index in [0.717, 1.165) is 5.56 Å². The highest BCUT2D eigenvalue weighted by Crippen LogP contribution is 2.41. The first-order valence-corrected chi connectivity index (χ1v) is 11.5. The maximum absolute atomic E-state index is 13.1. The maximum atomic E-state index is 13.1. The molecule has 0 saturated heterocycles. The smallest absolute Gasteiger partial charge is 0.280 e. The van der Waals surface area contributed by atoms with E-state index in [0.29, 0.717) is 17.2 Å². The quantitative estimate of drug-likeness (QED) is 0.401. The largest absolute Gasteiger partial charge is 0.493 e. The minimum absolute atomic E-state index is 0.00359. The van der Waals surface area contributed by atoms with E-state index in [-0.39, 0.29) is 28.3 Å². The van der Waals surface area contributed by atoms with E-state index in [1.807, 2.05) is 6.92 Å². The Morgan fingerprint density at radius 3 is 2.26 bits per heavy atom. The SMILES string of the molecule is COc1ccccc1Oc1c(NS(=O)(=O)c2ccc(C)cn2)nc(-c2ccccn2)nc1OC. The number of hydrogen-bond acceptors (Lipinski definition) is 9. The van der Waals surface area contributed by atoms with E-state index in [2.05, 4.69) is 24.7 Å². The average Bonchev–Trinajstić information content (AvgIpc) is 2.85. The van der Waals surface area contributed by atoms with Crippen molar-refractivity contribution < 1.29 is 22.6 Å². The van der Waals surface area contributed by atoms with Gasteiger partial charge in [-0.1, -0.05) is 24.3 Å². The van der Waals surface area contributed by atoms with Crippen LogP contribution in [0.5, 0.6) is 23.1 Å². The lowest BCUT2D eigenvalue weighted by atomic mass is 10.3. The zero-order chi connectivity index (χ0) is 24.1. The first kappa shape index (κ1) is 22.9. The molecule has 0 spiro atoms. The minimum atomic E-state index is -4.12. The zero-order valence-corrected chi connectivity index (χ0v) is 19.4. The lowest BCUT2D eigenvalue weighted by molar-refractivity contribution is 0.348. The fourth-order valence-corrected chi connectivity index (χ4v) is 3.88. The van der Waals surface area contributed by atoms with Gasteiger partial charge in [-0.25, -0.2) is 9.97 Å². The number of sulfonamides is 1. The normalized spacial score (nSPS) is 11.0. The van der Waals surface area contributed by atoms with Crippen LogP contribution in [0.1, 0.15) is 5.56 Å². The van der Waals surface area contributed by atoms with Crippen LogP contribution in [-0.4, -0.2) is 42.6 Å². The Kier molecular flexibility index (Phi) is 6.55. The number of rotatable bonds is 8. The number of anilines is 1. The van der Waals surface area contributed by atoms with Gasteiger partial charge in [0.2, 0.25) is 5.75 Å². The molecule has 0 aliphatic carbocycles. The van der Waals surface area contributed by atoms with Gasteiger partial charge in [-0.2, -0.15) is 13.4 Å². The number of ether oxygens (including phenoxy) is 3. The molecule has 0 radical (unpaired) electrons. The van der Waals surface area contributed by atoms with Crippen LogP contribution in [0.25, 0.3) is 11.5 Å². The molecule has 174 valence electrons. The van der Waals surface area contributed by atoms with Crippen LogP contribution in [0.4, 0.5) is 5.82 Å². The van der Waals surface area contributed by atoms with Crippen molar-refractivity contribution in [1.29, 1.82) is 0 Å². The second-order valence-corrected chi connectivity index (χ2v) is 8.61. The number of methoxy groups -OCH3 is 2. The lowest BCUT2D eigenvalue weighted by Crippen LogP contribution is -2.17. The number of aromatic nitrogens is 4. The molecular weight excluding hydrogens is 458 g/mol. The summed E-state index contributed by atoms with van der Waals surface area (Å²) in [6.07, 6.45) is 3.03. The van der Waals surface area contributed by atoms with Gasteiger partial charge in [-0.15, -0.1) is 0 Å². The molecule has 4 rings (SSSR count). The summed E-state index contributed by atoms with van der Waals surface area (Å²) in [6, 6.07) is 15.1. The van der Waals surface area contributed by atoms with Crippen molar-refractivity contribution in [1.82, 2.24) is 19.9 Å². The maximum Gasteiger partial charge on any atom is 0.280 e. The predicted octanol–water partition coefficient (Wildman–Crippen LogP) is 3.85. The van der Waals surface area contributed by atoms with E-state index in [1.165, 1.54) is 26.5 Å². The van der Waals surface area contributed by atoms with E-state index >= 15 is 0 Å². The van der Waals surface area contributed by atoms with Gasteiger partial charge in [-0.3, -0.25) is 9.71 Å². The topological polar surface area (TPSA) is 125 Å². The highest BCUT2D eigenvalue weighted by Gasteiger charge is 2.25. The van der Waals surface area contributed by atoms with Crippen LogP contribution >= 0.6 is 0 Å². The molecule has 0 atom stereocenters. The summed E-state index contributed by atoms with van der Waals surface area (Å²) in [4.78, 5) is 17.0. The Hall–Kier alpha value is -4.25. The van der Waals surface area contributed by atoms with Crippen molar-refractivity contribution in [2.45, 2.75) is 11.9 Å². The number of benzene rings is 1. The van der Waals surface area contributed by atoms with Crippen LogP contribution in [-0.2, 0) is 10.0 Å². The van der Waals surface area contributed by atoms with Crippen molar-refractivity contribution in [2.75, 3.05) is 18.9 Å². The molecule has 0 aliphatic rings. The zero-order valence-electron chi connectivity index (χ0n) is 18.6. The summed E-state index contributed by atoms with van der Waals surface area (Å²) in [5.41, 5.74) is 1.24. The summed E-state index contributed by atoms with van der Waals surface area (Å²) in [7, 11) is -1.24. The van der Waals surface area contributed by atoms with Crippen molar-refractivity contribution in [3.63, 3.8) is 0 Å². The first-order chi connectivity index (χ1) is 16.4. The summed E-state index contributed by atoms with van der Waals surface area (Å²) in [5, 5.41) is -0.182. The molecule has 0 aliphatic heterocycles. The molecule has 1 N–H and O–H groups in total. The minimum Gasteiger partial charge on any atom is -0.493 e. The Bertz CT molecular complexity index is 1400. The molecule has 3 heterocycles. The Morgan fingerprint density at radius 1 is 0.853 bits per heavy atom. The van der Waals surface area contributed by atoms with Gasteiger partial charge < -0.3 is 14.2 Å². The fraction of sp³-hybridized carbons (Fsp3) is 0.130. The van der Waals surface area contributed by atoms with Crippen LogP contribution in [0.3, 0.4) is 0 Å². The number of nitrogens with zero attached hydrogens (tertiary/aromatic N) is 4. The molecule has 10 nitrogen and oxygen atoms in total. The second kappa shape index (κ2) is 9.71. The van der Waals surface area contributed by atoms with E-state index < -0.39 is 10.0 Å². The van der Waals surface area contributed by atoms with Crippen LogP contribution in [0.2, 0.25) is 0 Å². The highest BCUT2D eigenvalue weighted by atomic mass is 32.2. The molecule has 0 fully saturated rings. The number of pyridine rings is 2. The van der Waals surface area contributed by atoms with Gasteiger partial charge in [0.05, 0.1) is 14.2 Å². The molecular formula is C23H21N5O5S. The standard InChI is InChI=1S/C23H21N5O5S/c1-15-11-12-19(25-14-15)34(29,30)28-22-20(33-18-10-5-4-9-17(18)31-2)23(32-3)27-21(26-22)16-8-6-7-13-24-16/h4-14H,1-3H3,(H,26,27,28). The molecule has 4 aromatic rings. The molecule has 1 aromatic carbocycles. The van der Waals surface area contributed by atoms with Crippen LogP contribution < -0.4 is 18.9 Å². The van der Waals surface area contributed by atoms with Crippen molar-refractivity contribution >= 4 is 15.8 Å². The molecule has 0 unspecified atom stereocenters. The highest BCUT2D eigenvalue weighted by molar-refractivity contribution is 7.92. The predicted molar refractivity (Wildman–Crippen MR) is 125 cm³/mol. The molecule has 3 aromatic heterocycles. The molecule has 0 amide bonds. The number of hydrogen-bond donors (Lipinski definition) is 1. The number of nitrogens with one attached hydrogen (secondary N) is 1. The van der Waals surface area contributed by atoms with Gasteiger partial charge in [0.1, 0.15) is 5.69 Å². The van der Waals surface area contributed by atoms with Crippen molar-refractivity contribution in [2.24, 2.45) is 0 Å². The summed E-state index contributed by atoms with van der Waals surface area (Å²) in [6.45, 7) is 1.81. The molecule has 0 saturated carbocycles. The third kappa shape index (κ3) is 4.89. The van der Waals surface area contributed by atoms with Crippen LogP contribution in [0, 0.1) is 6.92 Å². The lowest BCUT2D eigenvalue weighted by Gasteiger charge is -2.17. The van der Waals surface area contributed by atoms with Crippen molar-refractivity contribution in [3.05, 3.63) is 72.6 Å². The molecule has 34 heavy (non-hydrogen) atoms. The molecule has 11 heteroatoms. The summed E-state index contributed by atoms with van der Waals surface area (Å²) in [5.74, 6) is 0.664. The summed E-state index contributed by atoms with van der Waals surface area (Å²) < 4.78 is 45.5. The number of para-hydroxylation sites is 2. The second-order valence-electron chi connectivity index (χ2n) is 6.98. The van der Waals surface area contributed by atoms with Crippen LogP contribution in [0.15, 0.2) is 72.0 Å². The third-order valence-electron chi connectivity index (χ3n) is 4.59. The first-order valence-electron chi connectivity index (χ1n) is 10.0. The number of aryl methyl sites for hydroxylation is 1. The van der Waals surface area contributed by atoms with Gasteiger partial charge in [0, 0.05) is 12.4 Å². The van der Waals surface area contributed by atoms with E-state index in [1.54, 1.807) is 54.7 Å². The van der Waals surface area contributed by atoms with Gasteiger partial charge in [0.25, 0.3) is 15.9 Å². The van der Waals surface area contributed by atoms with Crippen molar-refractivity contribution in [3.8, 4) is 34.6 Å². The van der Waals surface area contributed by atoms with Gasteiger partial charge in [0.15, 0.2) is 28.2 Å². The molecule has 0 bridgehead atoms. The monoisotopic (exact) mass is 479 g/mol. The van der Waals surface area contributed by atoms with Gasteiger partial charge >= 0.3 is 0 Å². The fourth-order valence-electron chi connectivity index (χ4n) is 2.94. The Balaban J connectivity index is 1.86. The van der Waals surface area contributed by atoms with E-state index in [4.69, 9.17) is 14.2 Å². The van der Waals surface area contributed by atoms with Gasteiger partial charge in [-0.05, 0) is 42.8 Å². The van der Waals surface area contributed by atoms with E-state index in [9.17, 15) is 8.42 Å². The third-order valence-corrected chi connectivity index (χ3v) is 5.85. The Morgan fingerprint density at radius 2 is 1.62 bits per heavy atom. The average molecular weight is 480 g/mol.